The molecule has 0 saturated carbocycles. The highest BCUT2D eigenvalue weighted by Crippen LogP contribution is 2.39. The molecule has 0 atom stereocenters. The quantitative estimate of drug-likeness (QED) is 0.159. The summed E-state index contributed by atoms with van der Waals surface area (Å²) in [6.07, 6.45) is 0. The Kier molecular flexibility index (Phi) is 7.11. The molecule has 194 valence electrons. The highest BCUT2D eigenvalue weighted by molar-refractivity contribution is 6.02. The first-order chi connectivity index (χ1) is 19.6. The predicted octanol–water partition coefficient (Wildman–Crippen LogP) is 8.83. The second-order valence-electron chi connectivity index (χ2n) is 9.46. The van der Waals surface area contributed by atoms with Gasteiger partial charge in [-0.05, 0) is 75.8 Å². The standard InChI is InChI=1S/C36H24F2O2/c37-33-17-14-26(20-34(33)38)12-11-25-13-15-29-21-30-16-18-35(39-23-27-7-3-1-4-8-27)36(32(30)22-31(29)19-25)40-24-28-9-5-2-6-10-28/h1-10,13-22H,23-24H2. The fraction of sp³-hybridized carbons (Fsp3) is 0.0556. The maximum atomic E-state index is 13.6. The fourth-order valence-corrected chi connectivity index (χ4v) is 4.55. The molecule has 0 aliphatic heterocycles. The van der Waals surface area contributed by atoms with E-state index in [2.05, 4.69) is 24.0 Å². The molecule has 0 amide bonds. The van der Waals surface area contributed by atoms with Crippen LogP contribution < -0.4 is 9.47 Å². The van der Waals surface area contributed by atoms with Gasteiger partial charge in [0.05, 0.1) is 0 Å². The molecular formula is C36H24F2O2. The molecule has 0 N–H and O–H groups in total. The van der Waals surface area contributed by atoms with Crippen molar-refractivity contribution in [2.45, 2.75) is 13.2 Å². The van der Waals surface area contributed by atoms with Crippen molar-refractivity contribution in [3.05, 3.63) is 155 Å². The molecule has 0 aromatic heterocycles. The van der Waals surface area contributed by atoms with Gasteiger partial charge in [0, 0.05) is 16.5 Å². The average molecular weight is 527 g/mol. The van der Waals surface area contributed by atoms with Crippen LogP contribution in [0.25, 0.3) is 21.5 Å². The number of hydrogen-bond acceptors (Lipinski definition) is 2. The van der Waals surface area contributed by atoms with Crippen molar-refractivity contribution in [1.29, 1.82) is 0 Å². The van der Waals surface area contributed by atoms with Crippen LogP contribution in [-0.4, -0.2) is 0 Å². The Hall–Kier alpha value is -5.14. The van der Waals surface area contributed by atoms with Crippen LogP contribution in [0.2, 0.25) is 0 Å². The van der Waals surface area contributed by atoms with Gasteiger partial charge >= 0.3 is 0 Å². The number of benzene rings is 6. The van der Waals surface area contributed by atoms with E-state index in [1.807, 2.05) is 91.0 Å². The van der Waals surface area contributed by atoms with Crippen molar-refractivity contribution in [3.63, 3.8) is 0 Å². The molecule has 0 fully saturated rings. The zero-order chi connectivity index (χ0) is 27.3. The maximum Gasteiger partial charge on any atom is 0.169 e. The molecule has 0 radical (unpaired) electrons. The molecule has 0 aliphatic carbocycles. The summed E-state index contributed by atoms with van der Waals surface area (Å²) in [4.78, 5) is 0. The van der Waals surface area contributed by atoms with E-state index in [-0.39, 0.29) is 0 Å². The number of ether oxygens (including phenoxy) is 2. The van der Waals surface area contributed by atoms with Crippen molar-refractivity contribution in [2.24, 2.45) is 0 Å². The molecule has 4 heteroatoms. The number of hydrogen-bond donors (Lipinski definition) is 0. The van der Waals surface area contributed by atoms with Crippen LogP contribution in [0.4, 0.5) is 8.78 Å². The lowest BCUT2D eigenvalue weighted by Gasteiger charge is -2.16. The second-order valence-corrected chi connectivity index (χ2v) is 9.46. The SMILES string of the molecule is Fc1ccc(C#Cc2ccc3cc4ccc(OCc5ccccc5)c(OCc5ccccc5)c4cc3c2)cc1F. The summed E-state index contributed by atoms with van der Waals surface area (Å²) in [5, 5.41) is 4.00. The van der Waals surface area contributed by atoms with E-state index in [0.29, 0.717) is 30.3 Å². The third-order valence-corrected chi connectivity index (χ3v) is 6.63. The van der Waals surface area contributed by atoms with Gasteiger partial charge in [0.15, 0.2) is 23.1 Å². The average Bonchev–Trinajstić information content (AvgIpc) is 2.99. The van der Waals surface area contributed by atoms with Gasteiger partial charge in [0.25, 0.3) is 0 Å². The molecule has 0 spiro atoms. The van der Waals surface area contributed by atoms with Crippen molar-refractivity contribution in [2.75, 3.05) is 0 Å². The van der Waals surface area contributed by atoms with Crippen LogP contribution in [0, 0.1) is 23.5 Å². The van der Waals surface area contributed by atoms with Crippen LogP contribution in [0.5, 0.6) is 11.5 Å². The molecular weight excluding hydrogens is 502 g/mol. The Morgan fingerprint density at radius 3 is 1.82 bits per heavy atom. The lowest BCUT2D eigenvalue weighted by Crippen LogP contribution is -2.01. The summed E-state index contributed by atoms with van der Waals surface area (Å²) in [5.41, 5.74) is 3.30. The van der Waals surface area contributed by atoms with Crippen LogP contribution in [0.3, 0.4) is 0 Å². The van der Waals surface area contributed by atoms with E-state index < -0.39 is 11.6 Å². The number of rotatable bonds is 6. The summed E-state index contributed by atoms with van der Waals surface area (Å²) >= 11 is 0. The van der Waals surface area contributed by atoms with E-state index in [1.165, 1.54) is 6.07 Å². The van der Waals surface area contributed by atoms with E-state index in [4.69, 9.17) is 9.47 Å². The van der Waals surface area contributed by atoms with Crippen LogP contribution in [0.15, 0.2) is 121 Å². The maximum absolute atomic E-state index is 13.6. The molecule has 6 aromatic rings. The lowest BCUT2D eigenvalue weighted by atomic mass is 10.0. The Morgan fingerprint density at radius 1 is 0.500 bits per heavy atom. The number of halogens is 2. The van der Waals surface area contributed by atoms with Gasteiger partial charge in [-0.3, -0.25) is 0 Å². The molecule has 0 bridgehead atoms. The van der Waals surface area contributed by atoms with Gasteiger partial charge in [0.1, 0.15) is 13.2 Å². The molecule has 6 rings (SSSR count). The highest BCUT2D eigenvalue weighted by atomic mass is 19.2. The zero-order valence-electron chi connectivity index (χ0n) is 21.5. The first-order valence-corrected chi connectivity index (χ1v) is 12.9. The van der Waals surface area contributed by atoms with Gasteiger partial charge < -0.3 is 9.47 Å². The largest absolute Gasteiger partial charge is 0.485 e. The molecule has 2 nitrogen and oxygen atoms in total. The zero-order valence-corrected chi connectivity index (χ0v) is 21.5. The summed E-state index contributed by atoms with van der Waals surface area (Å²) in [6.45, 7) is 0.824. The first kappa shape index (κ1) is 25.2. The third kappa shape index (κ3) is 5.65. The minimum atomic E-state index is -0.912. The van der Waals surface area contributed by atoms with E-state index in [0.717, 1.165) is 50.4 Å². The molecule has 0 heterocycles. The molecule has 0 aliphatic rings. The highest BCUT2D eigenvalue weighted by Gasteiger charge is 2.13. The van der Waals surface area contributed by atoms with Crippen molar-refractivity contribution in [1.82, 2.24) is 0 Å². The molecule has 40 heavy (non-hydrogen) atoms. The second kappa shape index (κ2) is 11.3. The Labute approximate surface area is 231 Å². The van der Waals surface area contributed by atoms with E-state index in [9.17, 15) is 8.78 Å². The fourth-order valence-electron chi connectivity index (χ4n) is 4.55. The topological polar surface area (TPSA) is 18.5 Å². The monoisotopic (exact) mass is 526 g/mol. The Bertz CT molecular complexity index is 1870. The summed E-state index contributed by atoms with van der Waals surface area (Å²) in [5.74, 6) is 5.53. The van der Waals surface area contributed by atoms with Crippen molar-refractivity contribution in [3.8, 4) is 23.3 Å². The minimum Gasteiger partial charge on any atom is -0.485 e. The molecule has 6 aromatic carbocycles. The van der Waals surface area contributed by atoms with Crippen molar-refractivity contribution < 1.29 is 18.3 Å². The van der Waals surface area contributed by atoms with Crippen molar-refractivity contribution >= 4 is 21.5 Å². The van der Waals surface area contributed by atoms with Gasteiger partial charge in [-0.1, -0.05) is 84.6 Å². The first-order valence-electron chi connectivity index (χ1n) is 12.9. The normalized spacial score (nSPS) is 10.8. The summed E-state index contributed by atoms with van der Waals surface area (Å²) in [7, 11) is 0. The lowest BCUT2D eigenvalue weighted by molar-refractivity contribution is 0.259. The minimum absolute atomic E-state index is 0.402. The summed E-state index contributed by atoms with van der Waals surface area (Å²) < 4.78 is 39.5. The Morgan fingerprint density at radius 2 is 1.12 bits per heavy atom. The van der Waals surface area contributed by atoms with Crippen LogP contribution >= 0.6 is 0 Å². The van der Waals surface area contributed by atoms with Gasteiger partial charge in [0.2, 0.25) is 0 Å². The third-order valence-electron chi connectivity index (χ3n) is 6.63. The van der Waals surface area contributed by atoms with Gasteiger partial charge in [-0.2, -0.15) is 0 Å². The van der Waals surface area contributed by atoms with Gasteiger partial charge in [-0.15, -0.1) is 0 Å². The summed E-state index contributed by atoms with van der Waals surface area (Å²) in [6, 6.07) is 37.8. The molecule has 0 unspecified atom stereocenters. The molecule has 0 saturated heterocycles. The van der Waals surface area contributed by atoms with Crippen LogP contribution in [-0.2, 0) is 13.2 Å². The Balaban J connectivity index is 1.38. The predicted molar refractivity (Wildman–Crippen MR) is 155 cm³/mol. The van der Waals surface area contributed by atoms with E-state index >= 15 is 0 Å². The van der Waals surface area contributed by atoms with Crippen LogP contribution in [0.1, 0.15) is 22.3 Å². The van der Waals surface area contributed by atoms with Gasteiger partial charge in [-0.25, -0.2) is 8.78 Å². The van der Waals surface area contributed by atoms with E-state index in [1.54, 1.807) is 0 Å². The smallest absolute Gasteiger partial charge is 0.169 e. The number of fused-ring (bicyclic) bond motifs is 2.